The average molecular weight is 220 g/mol. The number of carbonyl (C=O) groups excluding carboxylic acids is 1. The van der Waals surface area contributed by atoms with Gasteiger partial charge >= 0.3 is 5.71 Å². The molecule has 0 amide bonds. The first-order chi connectivity index (χ1) is 7.47. The van der Waals surface area contributed by atoms with Crippen LogP contribution in [-0.4, -0.2) is 16.3 Å². The smallest absolute Gasteiger partial charge is 0.337 e. The summed E-state index contributed by atoms with van der Waals surface area (Å²) in [7, 11) is 0. The van der Waals surface area contributed by atoms with Gasteiger partial charge in [0.05, 0.1) is 6.42 Å². The zero-order chi connectivity index (χ0) is 12.6. The highest BCUT2D eigenvalue weighted by molar-refractivity contribution is 6.36. The van der Waals surface area contributed by atoms with Gasteiger partial charge in [-0.1, -0.05) is 23.3 Å². The van der Waals surface area contributed by atoms with Crippen LogP contribution in [0.2, 0.25) is 0 Å². The Hall–Kier alpha value is -1.47. The van der Waals surface area contributed by atoms with Crippen LogP contribution in [0.1, 0.15) is 47.0 Å². The lowest BCUT2D eigenvalue weighted by Gasteiger charge is -1.97. The third-order valence-corrected chi connectivity index (χ3v) is 2.26. The summed E-state index contributed by atoms with van der Waals surface area (Å²) in [5.74, 6) is -0.184. The zero-order valence-electron chi connectivity index (χ0n) is 10.6. The highest BCUT2D eigenvalue weighted by atomic mass is 16.1. The van der Waals surface area contributed by atoms with Crippen molar-refractivity contribution in [1.82, 2.24) is 0 Å². The first-order valence-electron chi connectivity index (χ1n) is 5.48. The highest BCUT2D eigenvalue weighted by Gasteiger charge is 2.11. The molecule has 0 radical (unpaired) electrons. The molecule has 0 spiro atoms. The minimum absolute atomic E-state index is 0.184. The molecule has 0 aliphatic rings. The standard InChI is InChI=1S/C13H20N2O/c1-10(2)6-5-7-11(3)8-9-13(15-14)12(4)16/h6,8H,5,7,9H2,1-4H3/b11-8+. The Balaban J connectivity index is 4.19. The first kappa shape index (κ1) is 14.5. The van der Waals surface area contributed by atoms with E-state index in [9.17, 15) is 4.79 Å². The van der Waals surface area contributed by atoms with E-state index in [0.29, 0.717) is 6.42 Å². The van der Waals surface area contributed by atoms with Gasteiger partial charge in [0.2, 0.25) is 5.78 Å². The second-order valence-electron chi connectivity index (χ2n) is 4.18. The number of nitrogens with zero attached hydrogens (tertiary/aromatic N) is 2. The Morgan fingerprint density at radius 1 is 1.19 bits per heavy atom. The van der Waals surface area contributed by atoms with Gasteiger partial charge in [0.25, 0.3) is 0 Å². The summed E-state index contributed by atoms with van der Waals surface area (Å²) in [6.45, 7) is 7.58. The second kappa shape index (κ2) is 7.77. The van der Waals surface area contributed by atoms with E-state index in [1.54, 1.807) is 0 Å². The lowest BCUT2D eigenvalue weighted by Crippen LogP contribution is -2.09. The third-order valence-electron chi connectivity index (χ3n) is 2.26. The Morgan fingerprint density at radius 3 is 2.25 bits per heavy atom. The van der Waals surface area contributed by atoms with Crippen LogP contribution in [-0.2, 0) is 4.79 Å². The SMILES string of the molecule is CC(=O)C(C/C=C(\C)CCC=C(C)C)=[N+]=[N-]. The molecule has 0 aromatic heterocycles. The maximum Gasteiger partial charge on any atom is 0.337 e. The van der Waals surface area contributed by atoms with Crippen LogP contribution in [0.5, 0.6) is 0 Å². The minimum Gasteiger partial charge on any atom is -0.361 e. The topological polar surface area (TPSA) is 53.5 Å². The minimum atomic E-state index is -0.184. The summed E-state index contributed by atoms with van der Waals surface area (Å²) in [6.07, 6.45) is 6.52. The molecule has 3 heteroatoms. The lowest BCUT2D eigenvalue weighted by atomic mass is 10.1. The van der Waals surface area contributed by atoms with Crippen molar-refractivity contribution in [3.63, 3.8) is 0 Å². The first-order valence-corrected chi connectivity index (χ1v) is 5.48. The van der Waals surface area contributed by atoms with E-state index in [1.807, 2.05) is 13.0 Å². The van der Waals surface area contributed by atoms with Crippen LogP contribution in [0.15, 0.2) is 23.3 Å². The van der Waals surface area contributed by atoms with Gasteiger partial charge in [-0.3, -0.25) is 4.79 Å². The molecule has 0 rings (SSSR count). The predicted molar refractivity (Wildman–Crippen MR) is 66.3 cm³/mol. The van der Waals surface area contributed by atoms with E-state index < -0.39 is 0 Å². The van der Waals surface area contributed by atoms with Crippen molar-refractivity contribution in [3.8, 4) is 0 Å². The van der Waals surface area contributed by atoms with E-state index in [1.165, 1.54) is 18.1 Å². The summed E-state index contributed by atoms with van der Waals surface area (Å²) in [4.78, 5) is 13.9. The molecule has 0 fully saturated rings. The molecule has 0 aliphatic carbocycles. The maximum atomic E-state index is 11.0. The fourth-order valence-corrected chi connectivity index (χ4v) is 1.22. The highest BCUT2D eigenvalue weighted by Crippen LogP contribution is 2.07. The summed E-state index contributed by atoms with van der Waals surface area (Å²) in [5.41, 5.74) is 11.3. The molecule has 0 heterocycles. The van der Waals surface area contributed by atoms with Crippen molar-refractivity contribution in [2.75, 3.05) is 0 Å². The van der Waals surface area contributed by atoms with Crippen molar-refractivity contribution in [3.05, 3.63) is 28.8 Å². The van der Waals surface area contributed by atoms with Crippen molar-refractivity contribution < 1.29 is 9.58 Å². The lowest BCUT2D eigenvalue weighted by molar-refractivity contribution is -0.115. The number of ketones is 1. The van der Waals surface area contributed by atoms with Gasteiger partial charge < -0.3 is 5.53 Å². The van der Waals surface area contributed by atoms with Crippen molar-refractivity contribution in [2.24, 2.45) is 0 Å². The van der Waals surface area contributed by atoms with Gasteiger partial charge in [-0.2, -0.15) is 4.79 Å². The quantitative estimate of drug-likeness (QED) is 0.293. The van der Waals surface area contributed by atoms with E-state index in [4.69, 9.17) is 5.53 Å². The second-order valence-corrected chi connectivity index (χ2v) is 4.18. The van der Waals surface area contributed by atoms with Gasteiger partial charge in [0, 0.05) is 6.92 Å². The molecule has 0 bridgehead atoms. The van der Waals surface area contributed by atoms with Gasteiger partial charge in [-0.15, -0.1) is 0 Å². The van der Waals surface area contributed by atoms with Crippen LogP contribution in [0, 0.1) is 0 Å². The Labute approximate surface area is 97.5 Å². The van der Waals surface area contributed by atoms with Crippen molar-refractivity contribution in [2.45, 2.75) is 47.0 Å². The number of hydrogen-bond acceptors (Lipinski definition) is 1. The van der Waals surface area contributed by atoms with Gasteiger partial charge in [0.1, 0.15) is 0 Å². The molecule has 3 nitrogen and oxygen atoms in total. The summed E-state index contributed by atoms with van der Waals surface area (Å²) in [5, 5.41) is 0. The van der Waals surface area contributed by atoms with Crippen LogP contribution < -0.4 is 0 Å². The average Bonchev–Trinajstić information content (AvgIpc) is 2.17. The Kier molecular flexibility index (Phi) is 7.06. The zero-order valence-corrected chi connectivity index (χ0v) is 10.6. The normalized spacial score (nSPS) is 10.6. The van der Waals surface area contributed by atoms with Crippen LogP contribution in [0.25, 0.3) is 5.53 Å². The van der Waals surface area contributed by atoms with E-state index >= 15 is 0 Å². The summed E-state index contributed by atoms with van der Waals surface area (Å²) >= 11 is 0. The monoisotopic (exact) mass is 220 g/mol. The molecule has 88 valence electrons. The van der Waals surface area contributed by atoms with Crippen LogP contribution >= 0.6 is 0 Å². The molecule has 0 aromatic rings. The molecule has 16 heavy (non-hydrogen) atoms. The number of hydrogen-bond donors (Lipinski definition) is 0. The largest absolute Gasteiger partial charge is 0.361 e. The van der Waals surface area contributed by atoms with E-state index in [2.05, 4.69) is 24.7 Å². The molecule has 0 aliphatic heterocycles. The number of allylic oxidation sites excluding steroid dienone is 4. The fourth-order valence-electron chi connectivity index (χ4n) is 1.22. The molecule has 0 N–H and O–H groups in total. The number of rotatable bonds is 6. The summed E-state index contributed by atoms with van der Waals surface area (Å²) < 4.78 is 0. The molecule has 0 unspecified atom stereocenters. The molecule has 0 atom stereocenters. The molecule has 0 saturated carbocycles. The van der Waals surface area contributed by atoms with Crippen LogP contribution in [0.4, 0.5) is 0 Å². The van der Waals surface area contributed by atoms with E-state index in [0.717, 1.165) is 12.8 Å². The molecule has 0 saturated heterocycles. The van der Waals surface area contributed by atoms with Gasteiger partial charge in [0.15, 0.2) is 0 Å². The molecular formula is C13H20N2O. The fraction of sp³-hybridized carbons (Fsp3) is 0.538. The van der Waals surface area contributed by atoms with Crippen LogP contribution in [0.3, 0.4) is 0 Å². The summed E-state index contributed by atoms with van der Waals surface area (Å²) in [6, 6.07) is 0. The molecule has 0 aromatic carbocycles. The van der Waals surface area contributed by atoms with Gasteiger partial charge in [-0.05, 0) is 33.6 Å². The Morgan fingerprint density at radius 2 is 1.81 bits per heavy atom. The maximum absolute atomic E-state index is 11.0. The molecular weight excluding hydrogens is 200 g/mol. The van der Waals surface area contributed by atoms with Crippen molar-refractivity contribution >= 4 is 11.5 Å². The number of Topliss-reactive ketones (excluding diaryl/α,β-unsaturated/α-hetero) is 1. The number of carbonyl (C=O) groups is 1. The predicted octanol–water partition coefficient (Wildman–Crippen LogP) is 3.33. The van der Waals surface area contributed by atoms with Gasteiger partial charge in [-0.25, -0.2) is 0 Å². The third kappa shape index (κ3) is 6.91. The van der Waals surface area contributed by atoms with E-state index in [-0.39, 0.29) is 11.5 Å². The van der Waals surface area contributed by atoms with Crippen molar-refractivity contribution in [1.29, 1.82) is 0 Å². The Bertz CT molecular complexity index is 354.